The van der Waals surface area contributed by atoms with E-state index in [9.17, 15) is 8.42 Å². The number of aryl methyl sites for hydroxylation is 2. The third-order valence-corrected chi connectivity index (χ3v) is 6.22. The van der Waals surface area contributed by atoms with Crippen molar-refractivity contribution in [2.75, 3.05) is 10.6 Å². The summed E-state index contributed by atoms with van der Waals surface area (Å²) in [7, 11) is -2.00. The summed E-state index contributed by atoms with van der Waals surface area (Å²) in [4.78, 5) is 0.152. The predicted octanol–water partition coefficient (Wildman–Crippen LogP) is 4.10. The maximum atomic E-state index is 12.8. The molecule has 3 aromatic rings. The topological polar surface area (TPSA) is 88.4 Å². The number of rotatable bonds is 3. The van der Waals surface area contributed by atoms with E-state index in [2.05, 4.69) is 34.0 Å². The summed E-state index contributed by atoms with van der Waals surface area (Å²) in [5.74, 6) is 0.593. The summed E-state index contributed by atoms with van der Waals surface area (Å²) in [6, 6.07) is 13.0. The third-order valence-electron chi connectivity index (χ3n) is 4.90. The molecule has 2 N–H and O–H groups in total. The van der Waals surface area contributed by atoms with E-state index in [1.54, 1.807) is 16.8 Å². The number of benzene rings is 2. The molecule has 0 atom stereocenters. The van der Waals surface area contributed by atoms with Crippen LogP contribution in [0.3, 0.4) is 0 Å². The van der Waals surface area contributed by atoms with Crippen LogP contribution in [-0.2, 0) is 17.1 Å². The van der Waals surface area contributed by atoms with Crippen LogP contribution < -0.4 is 10.6 Å². The maximum Gasteiger partial charge on any atom is 0.287 e. The van der Waals surface area contributed by atoms with E-state index in [0.717, 1.165) is 22.5 Å². The molecule has 0 amide bonds. The van der Waals surface area contributed by atoms with Crippen molar-refractivity contribution in [1.29, 1.82) is 0 Å². The normalized spacial score (nSPS) is 14.9. The molecular formula is C21H23N5O2S. The fourth-order valence-corrected chi connectivity index (χ4v) is 4.52. The zero-order valence-electron chi connectivity index (χ0n) is 16.8. The van der Waals surface area contributed by atoms with Crippen LogP contribution >= 0.6 is 0 Å². The first-order valence-corrected chi connectivity index (χ1v) is 10.8. The Bertz CT molecular complexity index is 1210. The van der Waals surface area contributed by atoms with Crippen LogP contribution in [0, 0.1) is 6.92 Å². The molecule has 1 aliphatic heterocycles. The first-order chi connectivity index (χ1) is 13.7. The van der Waals surface area contributed by atoms with E-state index in [1.807, 2.05) is 50.5 Å². The number of para-hydroxylation sites is 1. The summed E-state index contributed by atoms with van der Waals surface area (Å²) < 4.78 is 31.2. The summed E-state index contributed by atoms with van der Waals surface area (Å²) in [6.07, 6.45) is 1.88. The molecule has 0 bridgehead atoms. The van der Waals surface area contributed by atoms with Gasteiger partial charge >= 0.3 is 0 Å². The number of hydrogen-bond donors (Lipinski definition) is 2. The zero-order chi connectivity index (χ0) is 20.8. The maximum absolute atomic E-state index is 12.8. The lowest BCUT2D eigenvalue weighted by Crippen LogP contribution is -2.28. The number of guanidine groups is 1. The Kier molecular flexibility index (Phi) is 4.66. The van der Waals surface area contributed by atoms with E-state index >= 15 is 0 Å². The van der Waals surface area contributed by atoms with E-state index in [0.29, 0.717) is 11.6 Å². The van der Waals surface area contributed by atoms with Gasteiger partial charge in [0.25, 0.3) is 10.0 Å². The molecule has 2 heterocycles. The van der Waals surface area contributed by atoms with Crippen LogP contribution in [-0.4, -0.2) is 24.2 Å². The lowest BCUT2D eigenvalue weighted by atomic mass is 10.0. The van der Waals surface area contributed by atoms with Crippen molar-refractivity contribution in [2.24, 2.45) is 11.4 Å². The molecule has 4 rings (SSSR count). The Morgan fingerprint density at radius 2 is 1.79 bits per heavy atom. The fraction of sp³-hybridized carbons (Fsp3) is 0.238. The van der Waals surface area contributed by atoms with Gasteiger partial charge in [0, 0.05) is 30.1 Å². The average molecular weight is 410 g/mol. The van der Waals surface area contributed by atoms with Gasteiger partial charge in [-0.25, -0.2) is 0 Å². The van der Waals surface area contributed by atoms with Crippen molar-refractivity contribution in [1.82, 2.24) is 9.78 Å². The number of hydrogen-bond acceptors (Lipinski definition) is 5. The number of nitrogens with one attached hydrogen (secondary N) is 2. The van der Waals surface area contributed by atoms with E-state index < -0.39 is 10.0 Å². The molecule has 0 fully saturated rings. The van der Waals surface area contributed by atoms with Crippen LogP contribution in [0.25, 0.3) is 11.1 Å². The lowest BCUT2D eigenvalue weighted by Gasteiger charge is -2.22. The Morgan fingerprint density at radius 1 is 1.07 bits per heavy atom. The van der Waals surface area contributed by atoms with Crippen molar-refractivity contribution < 1.29 is 8.42 Å². The predicted molar refractivity (Wildman–Crippen MR) is 116 cm³/mol. The second kappa shape index (κ2) is 7.04. The molecule has 0 unspecified atom stereocenters. The van der Waals surface area contributed by atoms with Crippen LogP contribution in [0.1, 0.15) is 31.0 Å². The second-order valence-electron chi connectivity index (χ2n) is 7.42. The highest BCUT2D eigenvalue weighted by Crippen LogP contribution is 2.37. The summed E-state index contributed by atoms with van der Waals surface area (Å²) in [5.41, 5.74) is 4.92. The Morgan fingerprint density at radius 3 is 2.41 bits per heavy atom. The third kappa shape index (κ3) is 3.63. The van der Waals surface area contributed by atoms with Crippen molar-refractivity contribution >= 4 is 27.4 Å². The Labute approximate surface area is 170 Å². The highest BCUT2D eigenvalue weighted by atomic mass is 32.2. The van der Waals surface area contributed by atoms with Gasteiger partial charge in [-0.15, -0.1) is 4.40 Å². The molecule has 0 radical (unpaired) electrons. The molecule has 1 aromatic heterocycles. The monoisotopic (exact) mass is 409 g/mol. The van der Waals surface area contributed by atoms with Gasteiger partial charge in [-0.3, -0.25) is 4.68 Å². The molecule has 8 heteroatoms. The molecule has 150 valence electrons. The first-order valence-electron chi connectivity index (χ1n) is 9.37. The molecule has 0 saturated carbocycles. The zero-order valence-corrected chi connectivity index (χ0v) is 17.6. The van der Waals surface area contributed by atoms with Gasteiger partial charge in [-0.05, 0) is 36.6 Å². The average Bonchev–Trinajstić information content (AvgIpc) is 2.99. The van der Waals surface area contributed by atoms with Crippen LogP contribution in [0.15, 0.2) is 58.0 Å². The summed E-state index contributed by atoms with van der Waals surface area (Å²) in [6.45, 7) is 6.15. The fourth-order valence-electron chi connectivity index (χ4n) is 3.42. The first kappa shape index (κ1) is 19.2. The van der Waals surface area contributed by atoms with E-state index in [1.165, 1.54) is 5.56 Å². The Balaban J connectivity index is 1.73. The van der Waals surface area contributed by atoms with Crippen LogP contribution in [0.2, 0.25) is 0 Å². The highest BCUT2D eigenvalue weighted by molar-refractivity contribution is 7.90. The smallest absolute Gasteiger partial charge is 0.287 e. The van der Waals surface area contributed by atoms with Gasteiger partial charge in [0.2, 0.25) is 5.96 Å². The second-order valence-corrected chi connectivity index (χ2v) is 8.99. The number of nitrogens with zero attached hydrogens (tertiary/aromatic N) is 3. The lowest BCUT2D eigenvalue weighted by molar-refractivity contribution is 0.598. The van der Waals surface area contributed by atoms with Gasteiger partial charge in [0.15, 0.2) is 0 Å². The number of fused-ring (bicyclic) bond motifs is 1. The van der Waals surface area contributed by atoms with Gasteiger partial charge in [0.1, 0.15) is 4.90 Å². The molecule has 0 spiro atoms. The van der Waals surface area contributed by atoms with Crippen molar-refractivity contribution in [3.63, 3.8) is 0 Å². The number of sulfonamides is 1. The molecule has 1 aliphatic rings. The molecule has 7 nitrogen and oxygen atoms in total. The minimum absolute atomic E-state index is 0.152. The molecule has 0 saturated heterocycles. The molecular weight excluding hydrogens is 386 g/mol. The number of aromatic nitrogens is 2. The van der Waals surface area contributed by atoms with E-state index in [4.69, 9.17) is 0 Å². The van der Waals surface area contributed by atoms with E-state index in [-0.39, 0.29) is 10.9 Å². The Hall–Kier alpha value is -3.13. The summed E-state index contributed by atoms with van der Waals surface area (Å²) in [5, 5.41) is 10.6. The van der Waals surface area contributed by atoms with Gasteiger partial charge < -0.3 is 10.6 Å². The van der Waals surface area contributed by atoms with Crippen molar-refractivity contribution in [2.45, 2.75) is 31.6 Å². The largest absolute Gasteiger partial charge is 0.325 e. The standard InChI is InChI=1S/C21H23N5O2S/c1-13(2)15-8-10-16(11-9-15)22-21-23-20-17(18-12-26(4)24-14(18)3)6-5-7-19(20)29(27,28)25-21/h5-13H,1-4H3,(H2,22,23,25). The highest BCUT2D eigenvalue weighted by Gasteiger charge is 2.28. The van der Waals surface area contributed by atoms with Crippen molar-refractivity contribution in [3.05, 3.63) is 59.9 Å². The quantitative estimate of drug-likeness (QED) is 0.680. The molecule has 0 aliphatic carbocycles. The van der Waals surface area contributed by atoms with Gasteiger partial charge in [-0.1, -0.05) is 38.1 Å². The van der Waals surface area contributed by atoms with Crippen LogP contribution in [0.5, 0.6) is 0 Å². The minimum atomic E-state index is -3.83. The SMILES string of the molecule is Cc1nn(C)cc1-c1cccc2c1NC(Nc1ccc(C(C)C)cc1)=NS2(=O)=O. The molecule has 29 heavy (non-hydrogen) atoms. The van der Waals surface area contributed by atoms with Crippen LogP contribution in [0.4, 0.5) is 11.4 Å². The minimum Gasteiger partial charge on any atom is -0.325 e. The number of anilines is 2. The van der Waals surface area contributed by atoms with Crippen molar-refractivity contribution in [3.8, 4) is 11.1 Å². The molecule has 2 aromatic carbocycles. The van der Waals surface area contributed by atoms with Gasteiger partial charge in [-0.2, -0.15) is 13.5 Å². The summed E-state index contributed by atoms with van der Waals surface area (Å²) >= 11 is 0. The van der Waals surface area contributed by atoms with Gasteiger partial charge in [0.05, 0.1) is 11.4 Å².